The first-order chi connectivity index (χ1) is 8.86. The summed E-state index contributed by atoms with van der Waals surface area (Å²) in [5.41, 5.74) is 5.21. The van der Waals surface area contributed by atoms with Gasteiger partial charge in [-0.25, -0.2) is 17.5 Å². The highest BCUT2D eigenvalue weighted by molar-refractivity contribution is 7.89. The Hall–Kier alpha value is -0.980. The third-order valence-electron chi connectivity index (χ3n) is 3.64. The van der Waals surface area contributed by atoms with E-state index in [0.717, 1.165) is 31.7 Å². The highest BCUT2D eigenvalue weighted by Gasteiger charge is 2.33. The van der Waals surface area contributed by atoms with Crippen LogP contribution < -0.4 is 10.5 Å². The van der Waals surface area contributed by atoms with Crippen molar-refractivity contribution in [2.24, 2.45) is 5.73 Å². The van der Waals surface area contributed by atoms with Crippen molar-refractivity contribution in [3.8, 4) is 0 Å². The van der Waals surface area contributed by atoms with Gasteiger partial charge in [-0.15, -0.1) is 0 Å². The first-order valence-electron chi connectivity index (χ1n) is 6.39. The number of nitrogens with one attached hydrogen (secondary N) is 1. The highest BCUT2D eigenvalue weighted by Crippen LogP contribution is 2.30. The summed E-state index contributed by atoms with van der Waals surface area (Å²) in [6, 6.07) is 3.72. The zero-order valence-electron chi connectivity index (χ0n) is 10.9. The van der Waals surface area contributed by atoms with Gasteiger partial charge in [0.25, 0.3) is 0 Å². The van der Waals surface area contributed by atoms with Crippen LogP contribution >= 0.6 is 0 Å². The van der Waals surface area contributed by atoms with Gasteiger partial charge in [-0.2, -0.15) is 0 Å². The average molecular weight is 286 g/mol. The maximum absolute atomic E-state index is 13.3. The second kappa shape index (κ2) is 5.19. The molecule has 0 unspecified atom stereocenters. The Morgan fingerprint density at radius 3 is 2.58 bits per heavy atom. The number of hydrogen-bond acceptors (Lipinski definition) is 3. The van der Waals surface area contributed by atoms with E-state index in [4.69, 9.17) is 5.73 Å². The summed E-state index contributed by atoms with van der Waals surface area (Å²) in [5, 5.41) is 0. The number of rotatable bonds is 4. The van der Waals surface area contributed by atoms with Gasteiger partial charge < -0.3 is 5.73 Å². The van der Waals surface area contributed by atoms with Crippen LogP contribution in [0.1, 0.15) is 38.2 Å². The first kappa shape index (κ1) is 14.4. The Kier molecular flexibility index (Phi) is 3.94. The van der Waals surface area contributed by atoms with Crippen molar-refractivity contribution in [3.63, 3.8) is 0 Å². The molecule has 19 heavy (non-hydrogen) atoms. The summed E-state index contributed by atoms with van der Waals surface area (Å²) in [4.78, 5) is 0.0717. The van der Waals surface area contributed by atoms with Crippen LogP contribution in [0.25, 0.3) is 0 Å². The lowest BCUT2D eigenvalue weighted by Crippen LogP contribution is -2.43. The van der Waals surface area contributed by atoms with E-state index in [9.17, 15) is 12.8 Å². The molecule has 0 aliphatic heterocycles. The van der Waals surface area contributed by atoms with Crippen LogP contribution in [-0.4, -0.2) is 14.0 Å². The van der Waals surface area contributed by atoms with E-state index >= 15 is 0 Å². The molecule has 0 atom stereocenters. The molecule has 0 heterocycles. The average Bonchev–Trinajstić information content (AvgIpc) is 2.75. The monoisotopic (exact) mass is 286 g/mol. The summed E-state index contributed by atoms with van der Waals surface area (Å²) in [5.74, 6) is -0.478. The lowest BCUT2D eigenvalue weighted by atomic mass is 10.0. The van der Waals surface area contributed by atoms with Gasteiger partial charge in [-0.1, -0.05) is 12.8 Å². The molecule has 2 rings (SSSR count). The third-order valence-corrected chi connectivity index (χ3v) is 5.27. The smallest absolute Gasteiger partial charge is 0.241 e. The highest BCUT2D eigenvalue weighted by atomic mass is 32.2. The number of halogens is 1. The Balaban J connectivity index is 2.29. The van der Waals surface area contributed by atoms with Crippen molar-refractivity contribution >= 4 is 10.0 Å². The third kappa shape index (κ3) is 3.13. The Labute approximate surface area is 113 Å². The normalized spacial score (nSPS) is 18.7. The van der Waals surface area contributed by atoms with Crippen molar-refractivity contribution in [2.45, 2.75) is 49.6 Å². The maximum atomic E-state index is 13.3. The number of hydrogen-bond donors (Lipinski definition) is 2. The van der Waals surface area contributed by atoms with Crippen molar-refractivity contribution < 1.29 is 12.8 Å². The molecule has 0 spiro atoms. The molecule has 106 valence electrons. The maximum Gasteiger partial charge on any atom is 0.241 e. The van der Waals surface area contributed by atoms with Crippen LogP contribution in [0.4, 0.5) is 4.39 Å². The van der Waals surface area contributed by atoms with Crippen LogP contribution in [0.5, 0.6) is 0 Å². The molecule has 1 aromatic rings. The van der Waals surface area contributed by atoms with E-state index < -0.39 is 21.4 Å². The van der Waals surface area contributed by atoms with Crippen molar-refractivity contribution in [1.29, 1.82) is 0 Å². The molecule has 6 heteroatoms. The predicted octanol–water partition coefficient (Wildman–Crippen LogP) is 1.90. The largest absolute Gasteiger partial charge is 0.326 e. The second-order valence-corrected chi connectivity index (χ2v) is 7.01. The number of benzene rings is 1. The van der Waals surface area contributed by atoms with Gasteiger partial charge in [0, 0.05) is 17.6 Å². The molecule has 1 aromatic carbocycles. The van der Waals surface area contributed by atoms with Gasteiger partial charge in [0.15, 0.2) is 0 Å². The van der Waals surface area contributed by atoms with Gasteiger partial charge in [-0.05, 0) is 38.0 Å². The summed E-state index contributed by atoms with van der Waals surface area (Å²) >= 11 is 0. The van der Waals surface area contributed by atoms with E-state index in [1.807, 2.05) is 6.92 Å². The predicted molar refractivity (Wildman–Crippen MR) is 71.5 cm³/mol. The summed E-state index contributed by atoms with van der Waals surface area (Å²) in [6.07, 6.45) is 3.71. The fraction of sp³-hybridized carbons (Fsp3) is 0.538. The SMILES string of the molecule is CC1(NS(=O)(=O)c2ccc(F)c(CN)c2)CCCC1. The van der Waals surface area contributed by atoms with Crippen LogP contribution in [-0.2, 0) is 16.6 Å². The van der Waals surface area contributed by atoms with Crippen LogP contribution in [0.15, 0.2) is 23.1 Å². The van der Waals surface area contributed by atoms with Gasteiger partial charge in [0.05, 0.1) is 4.90 Å². The molecule has 1 aliphatic rings. The van der Waals surface area contributed by atoms with Crippen molar-refractivity contribution in [2.75, 3.05) is 0 Å². The Morgan fingerprint density at radius 1 is 1.37 bits per heavy atom. The molecule has 0 aromatic heterocycles. The van der Waals surface area contributed by atoms with Crippen molar-refractivity contribution in [1.82, 2.24) is 4.72 Å². The van der Waals surface area contributed by atoms with E-state index in [2.05, 4.69) is 4.72 Å². The van der Waals surface area contributed by atoms with Crippen LogP contribution in [0, 0.1) is 5.82 Å². The van der Waals surface area contributed by atoms with Crippen LogP contribution in [0.3, 0.4) is 0 Å². The molecule has 1 saturated carbocycles. The minimum atomic E-state index is -3.62. The number of nitrogens with two attached hydrogens (primary N) is 1. The molecule has 1 fully saturated rings. The molecule has 4 nitrogen and oxygen atoms in total. The quantitative estimate of drug-likeness (QED) is 0.888. The Bertz CT molecular complexity index is 566. The lowest BCUT2D eigenvalue weighted by molar-refractivity contribution is 0.427. The fourth-order valence-electron chi connectivity index (χ4n) is 2.52. The summed E-state index contributed by atoms with van der Waals surface area (Å²) < 4.78 is 40.7. The molecule has 3 N–H and O–H groups in total. The first-order valence-corrected chi connectivity index (χ1v) is 7.87. The molecule has 1 aliphatic carbocycles. The van der Waals surface area contributed by atoms with E-state index in [-0.39, 0.29) is 17.0 Å². The van der Waals surface area contributed by atoms with E-state index in [1.54, 1.807) is 0 Å². The molecule has 0 amide bonds. The van der Waals surface area contributed by atoms with Gasteiger partial charge in [0.2, 0.25) is 10.0 Å². The molecular weight excluding hydrogens is 267 g/mol. The topological polar surface area (TPSA) is 72.2 Å². The van der Waals surface area contributed by atoms with Crippen molar-refractivity contribution in [3.05, 3.63) is 29.6 Å². The minimum absolute atomic E-state index is 0.0214. The zero-order chi connectivity index (χ0) is 14.1. The molecule has 0 bridgehead atoms. The molecule has 0 radical (unpaired) electrons. The van der Waals surface area contributed by atoms with Gasteiger partial charge in [-0.3, -0.25) is 0 Å². The minimum Gasteiger partial charge on any atom is -0.326 e. The number of sulfonamides is 1. The van der Waals surface area contributed by atoms with Gasteiger partial charge in [0.1, 0.15) is 5.82 Å². The van der Waals surface area contributed by atoms with E-state index in [1.165, 1.54) is 12.1 Å². The van der Waals surface area contributed by atoms with E-state index in [0.29, 0.717) is 0 Å². The second-order valence-electron chi connectivity index (χ2n) is 5.33. The molecule has 0 saturated heterocycles. The lowest BCUT2D eigenvalue weighted by Gasteiger charge is -2.25. The zero-order valence-corrected chi connectivity index (χ0v) is 11.8. The Morgan fingerprint density at radius 2 is 2.00 bits per heavy atom. The van der Waals surface area contributed by atoms with Crippen LogP contribution in [0.2, 0.25) is 0 Å². The summed E-state index contributed by atoms with van der Waals surface area (Å²) in [7, 11) is -3.62. The molecular formula is C13H19FN2O2S. The van der Waals surface area contributed by atoms with Gasteiger partial charge >= 0.3 is 0 Å². The fourth-order valence-corrected chi connectivity index (χ4v) is 4.03. The standard InChI is InChI=1S/C13H19FN2O2S/c1-13(6-2-3-7-13)16-19(17,18)11-4-5-12(14)10(8-11)9-15/h4-5,8,16H,2-3,6-7,9,15H2,1H3. The summed E-state index contributed by atoms with van der Waals surface area (Å²) in [6.45, 7) is 1.89.